The first-order valence-corrected chi connectivity index (χ1v) is 6.47. The van der Waals surface area contributed by atoms with E-state index in [1.54, 1.807) is 26.0 Å². The van der Waals surface area contributed by atoms with Gasteiger partial charge in [-0.25, -0.2) is 4.98 Å². The second kappa shape index (κ2) is 6.52. The van der Waals surface area contributed by atoms with Crippen molar-refractivity contribution in [1.29, 1.82) is 0 Å². The highest BCUT2D eigenvalue weighted by Crippen LogP contribution is 2.25. The Bertz CT molecular complexity index is 473. The zero-order valence-corrected chi connectivity index (χ0v) is 11.7. The lowest BCUT2D eigenvalue weighted by Crippen LogP contribution is -2.42. The molecule has 0 saturated heterocycles. The third-order valence-electron chi connectivity index (χ3n) is 3.34. The van der Waals surface area contributed by atoms with Crippen molar-refractivity contribution in [3.63, 3.8) is 0 Å². The number of nitrogens with zero attached hydrogens (tertiary/aromatic N) is 1. The Morgan fingerprint density at radius 2 is 2.00 bits per heavy atom. The Hall–Kier alpha value is -1.62. The molecule has 0 unspecified atom stereocenters. The molecule has 1 aromatic rings. The molecule has 0 fully saturated rings. The van der Waals surface area contributed by atoms with E-state index in [1.807, 2.05) is 0 Å². The number of rotatable bonds is 6. The lowest BCUT2D eigenvalue weighted by atomic mass is 9.82. The predicted molar refractivity (Wildman–Crippen MR) is 72.2 cm³/mol. The SMILES string of the molecule is CCC(CC)(CNC(=O)c1cccc(Cl)n1)C(=O)O. The monoisotopic (exact) mass is 284 g/mol. The summed E-state index contributed by atoms with van der Waals surface area (Å²) in [6, 6.07) is 4.72. The standard InChI is InChI=1S/C13H17ClN2O3/c1-3-13(4-2,12(18)19)8-15-11(17)9-6-5-7-10(14)16-9/h5-7H,3-4,8H2,1-2H3,(H,15,17)(H,18,19). The van der Waals surface area contributed by atoms with Crippen LogP contribution in [0, 0.1) is 5.41 Å². The Balaban J connectivity index is 2.75. The number of pyridine rings is 1. The highest BCUT2D eigenvalue weighted by molar-refractivity contribution is 6.29. The van der Waals surface area contributed by atoms with Gasteiger partial charge in [-0.3, -0.25) is 9.59 Å². The van der Waals surface area contributed by atoms with E-state index in [-0.39, 0.29) is 17.4 Å². The molecule has 1 amide bonds. The highest BCUT2D eigenvalue weighted by atomic mass is 35.5. The number of halogens is 1. The molecule has 0 aliphatic carbocycles. The Morgan fingerprint density at radius 1 is 1.37 bits per heavy atom. The first-order valence-electron chi connectivity index (χ1n) is 6.09. The Labute approximate surface area is 117 Å². The zero-order chi connectivity index (χ0) is 14.5. The van der Waals surface area contributed by atoms with Crippen molar-refractivity contribution in [2.45, 2.75) is 26.7 Å². The van der Waals surface area contributed by atoms with E-state index in [0.717, 1.165) is 0 Å². The molecule has 6 heteroatoms. The van der Waals surface area contributed by atoms with Crippen molar-refractivity contribution in [2.24, 2.45) is 5.41 Å². The van der Waals surface area contributed by atoms with Crippen LogP contribution in [0.15, 0.2) is 18.2 Å². The van der Waals surface area contributed by atoms with Gasteiger partial charge >= 0.3 is 5.97 Å². The van der Waals surface area contributed by atoms with Gasteiger partial charge in [0.05, 0.1) is 5.41 Å². The van der Waals surface area contributed by atoms with Crippen molar-refractivity contribution in [3.8, 4) is 0 Å². The van der Waals surface area contributed by atoms with Crippen LogP contribution < -0.4 is 5.32 Å². The number of amides is 1. The molecule has 5 nitrogen and oxygen atoms in total. The van der Waals surface area contributed by atoms with Gasteiger partial charge in [0.25, 0.3) is 5.91 Å². The fourth-order valence-corrected chi connectivity index (χ4v) is 1.92. The second-order valence-corrected chi connectivity index (χ2v) is 4.71. The fraction of sp³-hybridized carbons (Fsp3) is 0.462. The molecule has 0 aliphatic rings. The van der Waals surface area contributed by atoms with Gasteiger partial charge in [0.15, 0.2) is 0 Å². The van der Waals surface area contributed by atoms with Crippen LogP contribution >= 0.6 is 11.6 Å². The van der Waals surface area contributed by atoms with Gasteiger partial charge < -0.3 is 10.4 Å². The van der Waals surface area contributed by atoms with Crippen LogP contribution in [0.3, 0.4) is 0 Å². The summed E-state index contributed by atoms with van der Waals surface area (Å²) in [6.07, 6.45) is 0.893. The van der Waals surface area contributed by atoms with E-state index >= 15 is 0 Å². The summed E-state index contributed by atoms with van der Waals surface area (Å²) >= 11 is 5.70. The summed E-state index contributed by atoms with van der Waals surface area (Å²) in [5, 5.41) is 12.1. The number of hydrogen-bond donors (Lipinski definition) is 2. The number of aliphatic carboxylic acids is 1. The minimum atomic E-state index is -0.936. The number of nitrogens with one attached hydrogen (secondary N) is 1. The van der Waals surface area contributed by atoms with Crippen LogP contribution in [0.4, 0.5) is 0 Å². The topological polar surface area (TPSA) is 79.3 Å². The van der Waals surface area contributed by atoms with E-state index in [0.29, 0.717) is 12.8 Å². The third-order valence-corrected chi connectivity index (χ3v) is 3.55. The lowest BCUT2D eigenvalue weighted by Gasteiger charge is -2.26. The van der Waals surface area contributed by atoms with E-state index < -0.39 is 17.3 Å². The minimum Gasteiger partial charge on any atom is -0.481 e. The average Bonchev–Trinajstić information content (AvgIpc) is 2.40. The molecule has 2 N–H and O–H groups in total. The first kappa shape index (κ1) is 15.4. The summed E-state index contributed by atoms with van der Waals surface area (Å²) in [5.74, 6) is -1.33. The van der Waals surface area contributed by atoms with Crippen LogP contribution in [0.5, 0.6) is 0 Å². The summed E-state index contributed by atoms with van der Waals surface area (Å²) in [7, 11) is 0. The van der Waals surface area contributed by atoms with Crippen LogP contribution in [0.2, 0.25) is 5.15 Å². The van der Waals surface area contributed by atoms with Crippen molar-refractivity contribution >= 4 is 23.5 Å². The van der Waals surface area contributed by atoms with Gasteiger partial charge in [0.2, 0.25) is 0 Å². The number of carboxylic acids is 1. The molecule has 0 aliphatic heterocycles. The van der Waals surface area contributed by atoms with Gasteiger partial charge in [-0.05, 0) is 25.0 Å². The smallest absolute Gasteiger partial charge is 0.311 e. The van der Waals surface area contributed by atoms with Crippen LogP contribution in [0.25, 0.3) is 0 Å². The molecule has 1 heterocycles. The van der Waals surface area contributed by atoms with E-state index in [1.165, 1.54) is 6.07 Å². The van der Waals surface area contributed by atoms with Crippen LogP contribution in [-0.4, -0.2) is 28.5 Å². The Morgan fingerprint density at radius 3 is 2.47 bits per heavy atom. The van der Waals surface area contributed by atoms with Crippen molar-refractivity contribution < 1.29 is 14.7 Å². The molecule has 19 heavy (non-hydrogen) atoms. The summed E-state index contributed by atoms with van der Waals surface area (Å²) in [4.78, 5) is 27.0. The highest BCUT2D eigenvalue weighted by Gasteiger charge is 2.35. The maximum Gasteiger partial charge on any atom is 0.311 e. The molecule has 0 atom stereocenters. The minimum absolute atomic E-state index is 0.0718. The maximum atomic E-state index is 11.9. The molecule has 0 bridgehead atoms. The second-order valence-electron chi connectivity index (χ2n) is 4.32. The van der Waals surface area contributed by atoms with E-state index in [2.05, 4.69) is 10.3 Å². The van der Waals surface area contributed by atoms with Crippen molar-refractivity contribution in [3.05, 3.63) is 29.0 Å². The molecule has 0 saturated carbocycles. The molecule has 1 rings (SSSR count). The first-order chi connectivity index (χ1) is 8.95. The quantitative estimate of drug-likeness (QED) is 0.786. The van der Waals surface area contributed by atoms with E-state index in [9.17, 15) is 14.7 Å². The normalized spacial score (nSPS) is 11.1. The van der Waals surface area contributed by atoms with Gasteiger partial charge in [0.1, 0.15) is 10.8 Å². The zero-order valence-electron chi connectivity index (χ0n) is 10.9. The molecule has 104 valence electrons. The summed E-state index contributed by atoms with van der Waals surface area (Å²) in [5.41, 5.74) is -0.757. The largest absolute Gasteiger partial charge is 0.481 e. The number of carboxylic acid groups (broad SMARTS) is 1. The molecule has 0 radical (unpaired) electrons. The molecule has 0 spiro atoms. The van der Waals surface area contributed by atoms with Gasteiger partial charge in [-0.15, -0.1) is 0 Å². The predicted octanol–water partition coefficient (Wildman–Crippen LogP) is 2.36. The average molecular weight is 285 g/mol. The third kappa shape index (κ3) is 3.67. The van der Waals surface area contributed by atoms with Crippen molar-refractivity contribution in [2.75, 3.05) is 6.54 Å². The number of carbonyl (C=O) groups excluding carboxylic acids is 1. The fourth-order valence-electron chi connectivity index (χ4n) is 1.75. The number of carbonyl (C=O) groups is 2. The number of aromatic nitrogens is 1. The van der Waals surface area contributed by atoms with Gasteiger partial charge in [-0.2, -0.15) is 0 Å². The molecule has 1 aromatic heterocycles. The Kier molecular flexibility index (Phi) is 5.30. The summed E-state index contributed by atoms with van der Waals surface area (Å²) in [6.45, 7) is 3.66. The maximum absolute atomic E-state index is 11.9. The lowest BCUT2D eigenvalue weighted by molar-refractivity contribution is -0.149. The molecular formula is C13H17ClN2O3. The van der Waals surface area contributed by atoms with E-state index in [4.69, 9.17) is 11.6 Å². The van der Waals surface area contributed by atoms with Gasteiger partial charge in [-0.1, -0.05) is 31.5 Å². The van der Waals surface area contributed by atoms with Gasteiger partial charge in [0, 0.05) is 6.54 Å². The number of hydrogen-bond acceptors (Lipinski definition) is 3. The summed E-state index contributed by atoms with van der Waals surface area (Å²) < 4.78 is 0. The van der Waals surface area contributed by atoms with Crippen LogP contribution in [0.1, 0.15) is 37.2 Å². The van der Waals surface area contributed by atoms with Crippen molar-refractivity contribution in [1.82, 2.24) is 10.3 Å². The van der Waals surface area contributed by atoms with Crippen LogP contribution in [-0.2, 0) is 4.79 Å². The molecular weight excluding hydrogens is 268 g/mol. The molecule has 0 aromatic carbocycles.